The lowest BCUT2D eigenvalue weighted by Gasteiger charge is -2.15. The van der Waals surface area contributed by atoms with Crippen molar-refractivity contribution in [3.8, 4) is 0 Å². The van der Waals surface area contributed by atoms with Crippen molar-refractivity contribution in [3.05, 3.63) is 46.0 Å². The molecular formula is C15H19N3O2. The molecule has 3 heterocycles. The fourth-order valence-electron chi connectivity index (χ4n) is 2.77. The Morgan fingerprint density at radius 2 is 2.30 bits per heavy atom. The number of fused-ring (bicyclic) bond motifs is 1. The number of aryl methyl sites for hydroxylation is 1. The number of aliphatic hydroxyl groups excluding tert-OH is 1. The Bertz CT molecular complexity index is 680. The van der Waals surface area contributed by atoms with Gasteiger partial charge in [0.1, 0.15) is 5.65 Å². The molecule has 20 heavy (non-hydrogen) atoms. The predicted molar refractivity (Wildman–Crippen MR) is 76.7 cm³/mol. The monoisotopic (exact) mass is 273 g/mol. The number of rotatable bonds is 3. The maximum absolute atomic E-state index is 12.1. The summed E-state index contributed by atoms with van der Waals surface area (Å²) in [5.41, 5.74) is 2.50. The van der Waals surface area contributed by atoms with Crippen molar-refractivity contribution in [1.29, 1.82) is 0 Å². The minimum Gasteiger partial charge on any atom is -0.396 e. The van der Waals surface area contributed by atoms with Gasteiger partial charge in [-0.15, -0.1) is 0 Å². The number of hydrogen-bond acceptors (Lipinski definition) is 4. The number of nitrogens with zero attached hydrogens (tertiary/aromatic N) is 3. The number of hydrogen-bond donors (Lipinski definition) is 1. The molecule has 0 radical (unpaired) electrons. The van der Waals surface area contributed by atoms with Crippen LogP contribution >= 0.6 is 0 Å². The van der Waals surface area contributed by atoms with Crippen LogP contribution in [0.2, 0.25) is 0 Å². The Labute approximate surface area is 117 Å². The zero-order valence-electron chi connectivity index (χ0n) is 11.6. The highest BCUT2D eigenvalue weighted by Gasteiger charge is 2.22. The van der Waals surface area contributed by atoms with E-state index in [1.54, 1.807) is 10.5 Å². The van der Waals surface area contributed by atoms with Crippen LogP contribution in [-0.4, -0.2) is 39.1 Å². The van der Waals surface area contributed by atoms with Crippen LogP contribution < -0.4 is 5.56 Å². The zero-order valence-corrected chi connectivity index (χ0v) is 11.6. The third kappa shape index (κ3) is 2.59. The first-order valence-corrected chi connectivity index (χ1v) is 6.98. The van der Waals surface area contributed by atoms with Crippen LogP contribution in [0.15, 0.2) is 29.2 Å². The third-order valence-corrected chi connectivity index (χ3v) is 3.87. The van der Waals surface area contributed by atoms with Gasteiger partial charge in [-0.2, -0.15) is 0 Å². The molecule has 2 aromatic heterocycles. The normalized spacial score (nSPS) is 19.8. The summed E-state index contributed by atoms with van der Waals surface area (Å²) in [6, 6.07) is 5.45. The summed E-state index contributed by atoms with van der Waals surface area (Å²) in [6.07, 6.45) is 2.83. The van der Waals surface area contributed by atoms with Crippen LogP contribution in [0.5, 0.6) is 0 Å². The highest BCUT2D eigenvalue weighted by atomic mass is 16.3. The molecule has 2 aromatic rings. The fourth-order valence-corrected chi connectivity index (χ4v) is 2.77. The van der Waals surface area contributed by atoms with Crippen LogP contribution in [0, 0.1) is 12.8 Å². The summed E-state index contributed by atoms with van der Waals surface area (Å²) in [4.78, 5) is 18.9. The molecule has 0 aliphatic carbocycles. The first kappa shape index (κ1) is 13.3. The molecule has 0 bridgehead atoms. The Balaban J connectivity index is 1.86. The van der Waals surface area contributed by atoms with E-state index in [0.29, 0.717) is 18.1 Å². The first-order chi connectivity index (χ1) is 9.65. The summed E-state index contributed by atoms with van der Waals surface area (Å²) in [7, 11) is 0. The Hall–Kier alpha value is -1.72. The lowest BCUT2D eigenvalue weighted by Crippen LogP contribution is -2.24. The van der Waals surface area contributed by atoms with Gasteiger partial charge in [0, 0.05) is 32.0 Å². The Kier molecular flexibility index (Phi) is 3.54. The van der Waals surface area contributed by atoms with Crippen LogP contribution in [0.1, 0.15) is 17.7 Å². The second-order valence-electron chi connectivity index (χ2n) is 5.59. The molecule has 5 heteroatoms. The molecule has 1 saturated heterocycles. The highest BCUT2D eigenvalue weighted by Crippen LogP contribution is 2.17. The lowest BCUT2D eigenvalue weighted by molar-refractivity contribution is 0.219. The van der Waals surface area contributed by atoms with Crippen molar-refractivity contribution >= 4 is 5.65 Å². The molecule has 0 amide bonds. The maximum Gasteiger partial charge on any atom is 0.258 e. The molecule has 106 valence electrons. The highest BCUT2D eigenvalue weighted by molar-refractivity contribution is 5.39. The third-order valence-electron chi connectivity index (χ3n) is 3.87. The van der Waals surface area contributed by atoms with Crippen molar-refractivity contribution in [1.82, 2.24) is 14.3 Å². The molecule has 0 aromatic carbocycles. The quantitative estimate of drug-likeness (QED) is 0.899. The van der Waals surface area contributed by atoms with Gasteiger partial charge < -0.3 is 5.11 Å². The van der Waals surface area contributed by atoms with E-state index in [0.717, 1.165) is 30.8 Å². The van der Waals surface area contributed by atoms with Gasteiger partial charge in [0.2, 0.25) is 0 Å². The van der Waals surface area contributed by atoms with E-state index in [2.05, 4.69) is 9.88 Å². The van der Waals surface area contributed by atoms with Crippen molar-refractivity contribution in [2.45, 2.75) is 19.9 Å². The average Bonchev–Trinajstić information content (AvgIpc) is 2.87. The molecule has 1 aliphatic rings. The minimum atomic E-state index is -0.0356. The van der Waals surface area contributed by atoms with E-state index >= 15 is 0 Å². The van der Waals surface area contributed by atoms with Crippen molar-refractivity contribution in [2.75, 3.05) is 19.7 Å². The van der Waals surface area contributed by atoms with Gasteiger partial charge in [-0.1, -0.05) is 6.07 Å². The van der Waals surface area contributed by atoms with Crippen LogP contribution in [-0.2, 0) is 6.54 Å². The SMILES string of the molecule is Cc1ccc2nc(CN3CCC(CO)C3)cc(=O)n2c1. The summed E-state index contributed by atoms with van der Waals surface area (Å²) in [5, 5.41) is 9.17. The predicted octanol–water partition coefficient (Wildman–Crippen LogP) is 0.817. The molecule has 0 saturated carbocycles. The second-order valence-corrected chi connectivity index (χ2v) is 5.59. The summed E-state index contributed by atoms with van der Waals surface area (Å²) < 4.78 is 1.58. The standard InChI is InChI=1S/C15H19N3O2/c1-11-2-3-14-16-13(6-15(20)18(14)7-11)9-17-5-4-12(8-17)10-19/h2-3,6-7,12,19H,4-5,8-10H2,1H3. The summed E-state index contributed by atoms with van der Waals surface area (Å²) in [6.45, 7) is 4.71. The molecule has 1 fully saturated rings. The summed E-state index contributed by atoms with van der Waals surface area (Å²) >= 11 is 0. The fraction of sp³-hybridized carbons (Fsp3) is 0.467. The van der Waals surface area contributed by atoms with Gasteiger partial charge in [-0.3, -0.25) is 14.1 Å². The van der Waals surface area contributed by atoms with Gasteiger partial charge in [0.05, 0.1) is 5.69 Å². The minimum absolute atomic E-state index is 0.0356. The molecule has 1 N–H and O–H groups in total. The number of pyridine rings is 1. The summed E-state index contributed by atoms with van der Waals surface area (Å²) in [5.74, 6) is 0.360. The van der Waals surface area contributed by atoms with Crippen molar-refractivity contribution in [2.24, 2.45) is 5.92 Å². The molecule has 3 rings (SSSR count). The van der Waals surface area contributed by atoms with E-state index in [-0.39, 0.29) is 12.2 Å². The van der Waals surface area contributed by atoms with E-state index in [1.165, 1.54) is 0 Å². The Morgan fingerprint density at radius 1 is 1.45 bits per heavy atom. The largest absolute Gasteiger partial charge is 0.396 e. The molecule has 5 nitrogen and oxygen atoms in total. The molecular weight excluding hydrogens is 254 g/mol. The smallest absolute Gasteiger partial charge is 0.258 e. The van der Waals surface area contributed by atoms with Crippen molar-refractivity contribution in [3.63, 3.8) is 0 Å². The van der Waals surface area contributed by atoms with E-state index in [9.17, 15) is 4.79 Å². The van der Waals surface area contributed by atoms with Gasteiger partial charge in [-0.25, -0.2) is 4.98 Å². The number of aliphatic hydroxyl groups is 1. The topological polar surface area (TPSA) is 57.8 Å². The lowest BCUT2D eigenvalue weighted by atomic mass is 10.1. The Morgan fingerprint density at radius 3 is 3.05 bits per heavy atom. The molecule has 1 atom stereocenters. The zero-order chi connectivity index (χ0) is 14.1. The first-order valence-electron chi connectivity index (χ1n) is 6.98. The van der Waals surface area contributed by atoms with Gasteiger partial charge in [-0.05, 0) is 37.4 Å². The second kappa shape index (κ2) is 5.34. The number of likely N-dealkylation sites (tertiary alicyclic amines) is 1. The van der Waals surface area contributed by atoms with E-state index in [4.69, 9.17) is 5.11 Å². The van der Waals surface area contributed by atoms with Gasteiger partial charge in [0.25, 0.3) is 5.56 Å². The van der Waals surface area contributed by atoms with Gasteiger partial charge >= 0.3 is 0 Å². The number of aromatic nitrogens is 2. The van der Waals surface area contributed by atoms with Crippen LogP contribution in [0.3, 0.4) is 0 Å². The van der Waals surface area contributed by atoms with Crippen LogP contribution in [0.4, 0.5) is 0 Å². The van der Waals surface area contributed by atoms with Gasteiger partial charge in [0.15, 0.2) is 0 Å². The average molecular weight is 273 g/mol. The molecule has 1 aliphatic heterocycles. The molecule has 1 unspecified atom stereocenters. The van der Waals surface area contributed by atoms with Crippen LogP contribution in [0.25, 0.3) is 5.65 Å². The maximum atomic E-state index is 12.1. The van der Waals surface area contributed by atoms with E-state index in [1.807, 2.05) is 25.3 Å². The van der Waals surface area contributed by atoms with E-state index < -0.39 is 0 Å². The van der Waals surface area contributed by atoms with Crippen molar-refractivity contribution < 1.29 is 5.11 Å². The molecule has 0 spiro atoms.